The second kappa shape index (κ2) is 6.67. The van der Waals surface area contributed by atoms with Crippen LogP contribution in [0.2, 0.25) is 0 Å². The predicted octanol–water partition coefficient (Wildman–Crippen LogP) is -5.35. The maximum atomic E-state index is 11.7. The zero-order valence-corrected chi connectivity index (χ0v) is 16.7. The van der Waals surface area contributed by atoms with E-state index in [1.807, 2.05) is 27.7 Å². The smallest absolute Gasteiger partial charge is 1.00 e. The van der Waals surface area contributed by atoms with Crippen LogP contribution in [0.5, 0.6) is 0 Å². The maximum absolute atomic E-state index is 11.7. The monoisotopic (exact) mass is 374 g/mol. The van der Waals surface area contributed by atoms with Crippen molar-refractivity contribution in [2.24, 2.45) is 0 Å². The molecule has 4 amide bonds. The standard InChI is InChI=1S/C11H20N4O2.2ClH.Zn/c1-9(2)5-11(14-7(16)12-9)6-10(3,4)13-8(17)15-11;;;/h5-6H2,1-4H3,(H2,12,14,16)(H2,13,15,17);2*1H;/q;;;+2/p-2. The number of amides is 4. The number of rotatable bonds is 0. The van der Waals surface area contributed by atoms with Gasteiger partial charge in [-0.2, -0.15) is 0 Å². The molecule has 2 aliphatic heterocycles. The molecule has 0 aromatic rings. The summed E-state index contributed by atoms with van der Waals surface area (Å²) in [6, 6.07) is -0.474. The Balaban J connectivity index is 0. The van der Waals surface area contributed by atoms with Gasteiger partial charge in [-0.15, -0.1) is 0 Å². The average Bonchev–Trinajstić information content (AvgIpc) is 1.90. The quantitative estimate of drug-likeness (QED) is 0.319. The van der Waals surface area contributed by atoms with E-state index in [0.717, 1.165) is 0 Å². The Morgan fingerprint density at radius 3 is 1.30 bits per heavy atom. The summed E-state index contributed by atoms with van der Waals surface area (Å²) < 4.78 is 0. The van der Waals surface area contributed by atoms with Gasteiger partial charge in [0.1, 0.15) is 5.66 Å². The van der Waals surface area contributed by atoms with Crippen molar-refractivity contribution in [1.29, 1.82) is 0 Å². The van der Waals surface area contributed by atoms with E-state index in [1.54, 1.807) is 0 Å². The minimum Gasteiger partial charge on any atom is -1.00 e. The maximum Gasteiger partial charge on any atom is 2.00 e. The van der Waals surface area contributed by atoms with Gasteiger partial charge in [0.2, 0.25) is 0 Å². The third-order valence-corrected chi connectivity index (χ3v) is 3.10. The summed E-state index contributed by atoms with van der Waals surface area (Å²) in [5.74, 6) is 0. The van der Waals surface area contributed by atoms with Gasteiger partial charge in [0.15, 0.2) is 0 Å². The molecule has 0 aromatic carbocycles. The van der Waals surface area contributed by atoms with Gasteiger partial charge < -0.3 is 46.1 Å². The molecule has 4 N–H and O–H groups in total. The molecule has 2 heterocycles. The van der Waals surface area contributed by atoms with Crippen LogP contribution in [0, 0.1) is 0 Å². The second-order valence-electron chi connectivity index (χ2n) is 6.36. The predicted molar refractivity (Wildman–Crippen MR) is 63.5 cm³/mol. The Morgan fingerprint density at radius 1 is 0.750 bits per heavy atom. The number of carbonyl (C=O) groups is 2. The molecule has 9 heteroatoms. The van der Waals surface area contributed by atoms with Crippen molar-refractivity contribution < 1.29 is 53.9 Å². The van der Waals surface area contributed by atoms with Crippen LogP contribution < -0.4 is 46.1 Å². The molecule has 20 heavy (non-hydrogen) atoms. The fourth-order valence-corrected chi connectivity index (χ4v) is 2.98. The van der Waals surface area contributed by atoms with Crippen LogP contribution in [0.25, 0.3) is 0 Å². The molecule has 0 bridgehead atoms. The fraction of sp³-hybridized carbons (Fsp3) is 0.818. The molecule has 0 radical (unpaired) electrons. The molecule has 6 nitrogen and oxygen atoms in total. The van der Waals surface area contributed by atoms with Gasteiger partial charge >= 0.3 is 31.5 Å². The number of hydrogen-bond acceptors (Lipinski definition) is 2. The topological polar surface area (TPSA) is 82.3 Å². The molecule has 2 aliphatic rings. The number of halogens is 2. The Labute approximate surface area is 144 Å². The van der Waals surface area contributed by atoms with E-state index in [1.165, 1.54) is 0 Å². The minimum atomic E-state index is -0.655. The van der Waals surface area contributed by atoms with Crippen molar-refractivity contribution in [3.8, 4) is 0 Å². The molecule has 112 valence electrons. The molecule has 2 fully saturated rings. The molecule has 2 rings (SSSR count). The van der Waals surface area contributed by atoms with Crippen molar-refractivity contribution in [3.63, 3.8) is 0 Å². The Bertz CT molecular complexity index is 355. The van der Waals surface area contributed by atoms with E-state index in [9.17, 15) is 9.59 Å². The SMILES string of the molecule is CC1(C)CC2(CC(C)(C)NC(=O)N2)NC(=O)N1.[Cl-].[Cl-].[Zn+2]. The van der Waals surface area contributed by atoms with Crippen LogP contribution in [-0.2, 0) is 19.5 Å². The van der Waals surface area contributed by atoms with Gasteiger partial charge in [-0.1, -0.05) is 0 Å². The molecular weight excluding hydrogens is 356 g/mol. The van der Waals surface area contributed by atoms with Crippen LogP contribution in [-0.4, -0.2) is 28.8 Å². The molecule has 0 saturated carbocycles. The summed E-state index contributed by atoms with van der Waals surface area (Å²) in [6.45, 7) is 7.81. The summed E-state index contributed by atoms with van der Waals surface area (Å²) in [6.07, 6.45) is 1.31. The van der Waals surface area contributed by atoms with Crippen LogP contribution in [0.1, 0.15) is 40.5 Å². The number of carbonyl (C=O) groups excluding carboxylic acids is 2. The molecular formula is C11H20Cl2N4O2Zn. The normalized spacial score (nSPS) is 24.4. The minimum absolute atomic E-state index is 0. The Kier molecular flexibility index (Phi) is 7.35. The molecule has 0 aromatic heterocycles. The third-order valence-electron chi connectivity index (χ3n) is 3.10. The van der Waals surface area contributed by atoms with Gasteiger partial charge in [-0.25, -0.2) is 9.59 Å². The first-order valence-electron chi connectivity index (χ1n) is 5.82. The first-order chi connectivity index (χ1) is 7.62. The summed E-state index contributed by atoms with van der Waals surface area (Å²) in [5, 5.41) is 11.4. The number of hydrogen-bond donors (Lipinski definition) is 4. The number of urea groups is 2. The Morgan fingerprint density at radius 2 is 1.05 bits per heavy atom. The first kappa shape index (κ1) is 22.0. The summed E-state index contributed by atoms with van der Waals surface area (Å²) >= 11 is 0. The van der Waals surface area contributed by atoms with E-state index in [2.05, 4.69) is 21.3 Å². The van der Waals surface area contributed by atoms with Crippen LogP contribution in [0.3, 0.4) is 0 Å². The van der Waals surface area contributed by atoms with E-state index in [4.69, 9.17) is 0 Å². The van der Waals surface area contributed by atoms with Crippen molar-refractivity contribution in [1.82, 2.24) is 21.3 Å². The number of nitrogens with one attached hydrogen (secondary N) is 4. The second-order valence-corrected chi connectivity index (χ2v) is 6.36. The van der Waals surface area contributed by atoms with Gasteiger partial charge in [0.25, 0.3) is 0 Å². The molecule has 1 spiro atoms. The third kappa shape index (κ3) is 4.94. The van der Waals surface area contributed by atoms with Crippen molar-refractivity contribution in [3.05, 3.63) is 0 Å². The van der Waals surface area contributed by atoms with Gasteiger partial charge in [-0.3, -0.25) is 0 Å². The van der Waals surface area contributed by atoms with Crippen molar-refractivity contribution >= 4 is 12.1 Å². The van der Waals surface area contributed by atoms with E-state index < -0.39 is 5.66 Å². The summed E-state index contributed by atoms with van der Waals surface area (Å²) in [7, 11) is 0. The van der Waals surface area contributed by atoms with Crippen LogP contribution >= 0.6 is 0 Å². The molecule has 0 unspecified atom stereocenters. The molecule has 0 aliphatic carbocycles. The Hall–Kier alpha value is -0.257. The van der Waals surface area contributed by atoms with E-state index in [-0.39, 0.29) is 67.4 Å². The largest absolute Gasteiger partial charge is 2.00 e. The van der Waals surface area contributed by atoms with E-state index in [0.29, 0.717) is 12.8 Å². The zero-order valence-electron chi connectivity index (χ0n) is 12.2. The average molecular weight is 377 g/mol. The van der Waals surface area contributed by atoms with Crippen molar-refractivity contribution in [2.75, 3.05) is 0 Å². The van der Waals surface area contributed by atoms with Crippen LogP contribution in [0.4, 0.5) is 9.59 Å². The zero-order chi connectivity index (χ0) is 12.9. The molecule has 0 atom stereocenters. The van der Waals surface area contributed by atoms with Gasteiger partial charge in [0, 0.05) is 23.9 Å². The summed E-state index contributed by atoms with van der Waals surface area (Å²) in [5.41, 5.74) is -1.32. The first-order valence-corrected chi connectivity index (χ1v) is 5.82. The van der Waals surface area contributed by atoms with Gasteiger partial charge in [0.05, 0.1) is 0 Å². The fourth-order valence-electron chi connectivity index (χ4n) is 2.98. The van der Waals surface area contributed by atoms with Crippen molar-refractivity contribution in [2.45, 2.75) is 57.3 Å². The van der Waals surface area contributed by atoms with Gasteiger partial charge in [-0.05, 0) is 27.7 Å². The van der Waals surface area contributed by atoms with Crippen LogP contribution in [0.15, 0.2) is 0 Å². The summed E-state index contributed by atoms with van der Waals surface area (Å²) in [4.78, 5) is 23.4. The van der Waals surface area contributed by atoms with E-state index >= 15 is 0 Å². The molecule has 2 saturated heterocycles.